The predicted octanol–water partition coefficient (Wildman–Crippen LogP) is 3.44. The highest BCUT2D eigenvalue weighted by Crippen LogP contribution is 2.31. The number of thioether (sulfide) groups is 1. The minimum atomic E-state index is -0.463. The monoisotopic (exact) mass is 424 g/mol. The molecule has 0 atom stereocenters. The third-order valence-corrected chi connectivity index (χ3v) is 6.39. The molecule has 1 aromatic carbocycles. The maximum absolute atomic E-state index is 12.6. The van der Waals surface area contributed by atoms with Crippen molar-refractivity contribution in [3.05, 3.63) is 53.0 Å². The molecule has 2 N–H and O–H groups in total. The average Bonchev–Trinajstić information content (AvgIpc) is 3.08. The Bertz CT molecular complexity index is 1080. The number of pyridine rings is 1. The number of amides is 2. The van der Waals surface area contributed by atoms with Gasteiger partial charge in [0.15, 0.2) is 0 Å². The number of piperidine rings is 1. The smallest absolute Gasteiger partial charge is 0.256 e. The van der Waals surface area contributed by atoms with Gasteiger partial charge in [0.05, 0.1) is 28.2 Å². The van der Waals surface area contributed by atoms with Crippen molar-refractivity contribution in [2.75, 3.05) is 18.8 Å². The van der Waals surface area contributed by atoms with Crippen LogP contribution in [0, 0.1) is 13.8 Å². The zero-order valence-corrected chi connectivity index (χ0v) is 17.9. The molecule has 1 saturated heterocycles. The number of rotatable bonds is 5. The molecule has 156 valence electrons. The lowest BCUT2D eigenvalue weighted by atomic mass is 9.89. The van der Waals surface area contributed by atoms with Crippen LogP contribution in [-0.2, 0) is 4.79 Å². The Hall–Kier alpha value is -2.87. The highest BCUT2D eigenvalue weighted by atomic mass is 32.2. The van der Waals surface area contributed by atoms with Gasteiger partial charge in [0, 0.05) is 24.4 Å². The molecular weight excluding hydrogens is 400 g/mol. The number of para-hydroxylation sites is 1. The molecule has 30 heavy (non-hydrogen) atoms. The van der Waals surface area contributed by atoms with Crippen molar-refractivity contribution in [2.45, 2.75) is 37.8 Å². The van der Waals surface area contributed by atoms with Gasteiger partial charge in [0.25, 0.3) is 11.1 Å². The minimum Gasteiger partial charge on any atom is -0.437 e. The van der Waals surface area contributed by atoms with Crippen LogP contribution in [0.15, 0.2) is 40.0 Å². The lowest BCUT2D eigenvalue weighted by Gasteiger charge is -2.32. The Kier molecular flexibility index (Phi) is 5.76. The Balaban J connectivity index is 1.42. The van der Waals surface area contributed by atoms with Gasteiger partial charge in [-0.05, 0) is 38.8 Å². The van der Waals surface area contributed by atoms with E-state index in [4.69, 9.17) is 15.1 Å². The highest BCUT2D eigenvalue weighted by molar-refractivity contribution is 7.99. The van der Waals surface area contributed by atoms with Crippen LogP contribution in [0.2, 0.25) is 0 Å². The first kappa shape index (κ1) is 20.4. The maximum atomic E-state index is 12.6. The van der Waals surface area contributed by atoms with Crippen LogP contribution in [0.4, 0.5) is 0 Å². The molecule has 0 saturated carbocycles. The van der Waals surface area contributed by atoms with Crippen LogP contribution in [0.5, 0.6) is 0 Å². The fraction of sp³-hybridized carbons (Fsp3) is 0.364. The maximum Gasteiger partial charge on any atom is 0.256 e. The van der Waals surface area contributed by atoms with Gasteiger partial charge in [-0.15, -0.1) is 0 Å². The third-order valence-electron chi connectivity index (χ3n) is 5.58. The number of fused-ring (bicyclic) bond motifs is 1. The number of aryl methyl sites for hydroxylation is 2. The second kappa shape index (κ2) is 8.47. The number of hydrogen-bond acceptors (Lipinski definition) is 6. The number of likely N-dealkylation sites (tertiary alicyclic amines) is 1. The average molecular weight is 425 g/mol. The summed E-state index contributed by atoms with van der Waals surface area (Å²) in [6.07, 6.45) is 1.50. The first-order valence-corrected chi connectivity index (χ1v) is 10.9. The third kappa shape index (κ3) is 4.18. The number of hydrogen-bond donors (Lipinski definition) is 1. The summed E-state index contributed by atoms with van der Waals surface area (Å²) in [4.78, 5) is 35.5. The largest absolute Gasteiger partial charge is 0.437 e. The molecule has 3 aromatic rings. The van der Waals surface area contributed by atoms with E-state index >= 15 is 0 Å². The molecule has 1 fully saturated rings. The van der Waals surface area contributed by atoms with E-state index in [1.165, 1.54) is 11.8 Å². The summed E-state index contributed by atoms with van der Waals surface area (Å²) >= 11 is 1.32. The first-order valence-electron chi connectivity index (χ1n) is 9.96. The van der Waals surface area contributed by atoms with Gasteiger partial charge in [-0.3, -0.25) is 14.6 Å². The van der Waals surface area contributed by atoms with Crippen LogP contribution in [0.25, 0.3) is 10.9 Å². The van der Waals surface area contributed by atoms with Crippen molar-refractivity contribution < 1.29 is 14.0 Å². The molecule has 1 aliphatic rings. The molecule has 2 aromatic heterocycles. The summed E-state index contributed by atoms with van der Waals surface area (Å²) in [5.74, 6) is 0.776. The van der Waals surface area contributed by atoms with E-state index in [0.717, 1.165) is 40.9 Å². The summed E-state index contributed by atoms with van der Waals surface area (Å²) in [5.41, 5.74) is 8.55. The van der Waals surface area contributed by atoms with E-state index in [2.05, 4.69) is 4.98 Å². The molecule has 0 bridgehead atoms. The normalized spacial score (nSPS) is 14.9. The van der Waals surface area contributed by atoms with E-state index in [1.54, 1.807) is 0 Å². The number of nitrogens with two attached hydrogens (primary N) is 1. The molecule has 0 aliphatic carbocycles. The van der Waals surface area contributed by atoms with Crippen molar-refractivity contribution in [1.82, 2.24) is 14.9 Å². The van der Waals surface area contributed by atoms with Crippen LogP contribution >= 0.6 is 11.8 Å². The fourth-order valence-electron chi connectivity index (χ4n) is 3.76. The van der Waals surface area contributed by atoms with Crippen molar-refractivity contribution in [1.29, 1.82) is 0 Å². The van der Waals surface area contributed by atoms with Crippen LogP contribution < -0.4 is 5.73 Å². The molecule has 7 nitrogen and oxygen atoms in total. The van der Waals surface area contributed by atoms with Gasteiger partial charge in [-0.25, -0.2) is 4.98 Å². The molecule has 3 heterocycles. The van der Waals surface area contributed by atoms with Crippen molar-refractivity contribution in [2.24, 2.45) is 5.73 Å². The topological polar surface area (TPSA) is 102 Å². The van der Waals surface area contributed by atoms with Crippen molar-refractivity contribution >= 4 is 34.5 Å². The van der Waals surface area contributed by atoms with E-state index in [-0.39, 0.29) is 11.8 Å². The van der Waals surface area contributed by atoms with E-state index < -0.39 is 5.91 Å². The van der Waals surface area contributed by atoms with Gasteiger partial charge in [0.1, 0.15) is 5.76 Å². The zero-order chi connectivity index (χ0) is 21.3. The van der Waals surface area contributed by atoms with Crippen molar-refractivity contribution in [3.8, 4) is 0 Å². The van der Waals surface area contributed by atoms with Crippen LogP contribution in [0.3, 0.4) is 0 Å². The minimum absolute atomic E-state index is 0.0635. The quantitative estimate of drug-likeness (QED) is 0.630. The summed E-state index contributed by atoms with van der Waals surface area (Å²) in [6, 6.07) is 9.53. The second-order valence-corrected chi connectivity index (χ2v) is 8.47. The first-order chi connectivity index (χ1) is 14.4. The number of carbonyl (C=O) groups is 2. The van der Waals surface area contributed by atoms with Crippen LogP contribution in [-0.4, -0.2) is 45.5 Å². The Morgan fingerprint density at radius 2 is 1.93 bits per heavy atom. The molecule has 4 rings (SSSR count). The highest BCUT2D eigenvalue weighted by Gasteiger charge is 2.28. The molecule has 0 spiro atoms. The molecule has 8 heteroatoms. The lowest BCUT2D eigenvalue weighted by Crippen LogP contribution is -2.39. The van der Waals surface area contributed by atoms with Gasteiger partial charge in [-0.2, -0.15) is 0 Å². The predicted molar refractivity (Wildman–Crippen MR) is 116 cm³/mol. The molecule has 0 radical (unpaired) electrons. The van der Waals surface area contributed by atoms with E-state index in [1.807, 2.05) is 49.1 Å². The van der Waals surface area contributed by atoms with E-state index in [0.29, 0.717) is 29.6 Å². The fourth-order valence-corrected chi connectivity index (χ4v) is 4.58. The summed E-state index contributed by atoms with van der Waals surface area (Å²) in [5, 5.41) is 1.43. The number of oxazole rings is 1. The lowest BCUT2D eigenvalue weighted by molar-refractivity contribution is -0.129. The SMILES string of the molecule is Cc1nc(SCC(=O)N2CCC(c3nc4ccccc4cc3C(N)=O)CC2)oc1C. The molecular formula is C22H24N4O3S. The van der Waals surface area contributed by atoms with Gasteiger partial charge < -0.3 is 15.1 Å². The standard InChI is InChI=1S/C22H24N4O3S/c1-13-14(2)29-22(24-13)30-12-19(27)26-9-7-15(8-10-26)20-17(21(23)28)11-16-5-3-4-6-18(16)25-20/h3-6,11,15H,7-10,12H2,1-2H3,(H2,23,28). The zero-order valence-electron chi connectivity index (χ0n) is 17.1. The summed E-state index contributed by atoms with van der Waals surface area (Å²) in [7, 11) is 0. The van der Waals surface area contributed by atoms with Gasteiger partial charge in [-0.1, -0.05) is 30.0 Å². The Morgan fingerprint density at radius 1 is 1.20 bits per heavy atom. The van der Waals surface area contributed by atoms with E-state index in [9.17, 15) is 9.59 Å². The Labute approximate surface area is 179 Å². The molecule has 2 amide bonds. The number of nitrogens with zero attached hydrogens (tertiary/aromatic N) is 3. The summed E-state index contributed by atoms with van der Waals surface area (Å²) in [6.45, 7) is 5.00. The number of benzene rings is 1. The number of primary amides is 1. The molecule has 1 aliphatic heterocycles. The van der Waals surface area contributed by atoms with Gasteiger partial charge in [0.2, 0.25) is 5.91 Å². The Morgan fingerprint density at radius 3 is 2.60 bits per heavy atom. The molecule has 0 unspecified atom stereocenters. The number of carbonyl (C=O) groups excluding carboxylic acids is 2. The van der Waals surface area contributed by atoms with Crippen molar-refractivity contribution in [3.63, 3.8) is 0 Å². The summed E-state index contributed by atoms with van der Waals surface area (Å²) < 4.78 is 5.53. The number of aromatic nitrogens is 2. The second-order valence-electron chi connectivity index (χ2n) is 7.54. The van der Waals surface area contributed by atoms with Gasteiger partial charge >= 0.3 is 0 Å². The van der Waals surface area contributed by atoms with Crippen LogP contribution in [0.1, 0.15) is 46.3 Å².